The zero-order valence-corrected chi connectivity index (χ0v) is 13.6. The van der Waals surface area contributed by atoms with Gasteiger partial charge in [0.1, 0.15) is 11.1 Å². The van der Waals surface area contributed by atoms with Crippen molar-refractivity contribution in [3.8, 4) is 0 Å². The molecule has 0 bridgehead atoms. The average molecular weight is 335 g/mol. The van der Waals surface area contributed by atoms with Crippen LogP contribution in [0.3, 0.4) is 0 Å². The first-order chi connectivity index (χ1) is 12.2. The van der Waals surface area contributed by atoms with Gasteiger partial charge in [-0.05, 0) is 17.7 Å². The first kappa shape index (κ1) is 15.6. The van der Waals surface area contributed by atoms with E-state index in [1.54, 1.807) is 23.1 Å². The van der Waals surface area contributed by atoms with Crippen LogP contribution in [0.15, 0.2) is 69.9 Å². The minimum absolute atomic E-state index is 0.0570. The number of morpholine rings is 1. The molecule has 0 aliphatic carbocycles. The molecule has 0 radical (unpaired) electrons. The van der Waals surface area contributed by atoms with Crippen LogP contribution in [0.4, 0.5) is 0 Å². The Balaban J connectivity index is 1.74. The smallest absolute Gasteiger partial charge is 0.349 e. The maximum atomic E-state index is 13.1. The molecule has 1 saturated heterocycles. The summed E-state index contributed by atoms with van der Waals surface area (Å²) in [7, 11) is 0. The van der Waals surface area contributed by atoms with Crippen molar-refractivity contribution in [2.45, 2.75) is 6.04 Å². The molecule has 25 heavy (non-hydrogen) atoms. The molecule has 5 nitrogen and oxygen atoms in total. The van der Waals surface area contributed by atoms with E-state index in [4.69, 9.17) is 9.15 Å². The van der Waals surface area contributed by atoms with E-state index >= 15 is 0 Å². The molecule has 126 valence electrons. The van der Waals surface area contributed by atoms with Gasteiger partial charge in [0, 0.05) is 11.9 Å². The number of carbonyl (C=O) groups is 1. The Labute approximate surface area is 144 Å². The van der Waals surface area contributed by atoms with Crippen LogP contribution >= 0.6 is 0 Å². The van der Waals surface area contributed by atoms with Crippen molar-refractivity contribution >= 4 is 16.9 Å². The Morgan fingerprint density at radius 3 is 2.64 bits per heavy atom. The standard InChI is InChI=1S/C20H17NO4/c22-19(16-12-15-8-4-5-9-18(15)25-20(16)23)21-10-11-24-13-17(21)14-6-2-1-3-7-14/h1-9,12,17H,10-11,13H2. The Morgan fingerprint density at radius 1 is 1.04 bits per heavy atom. The number of nitrogens with zero attached hydrogens (tertiary/aromatic N) is 1. The SMILES string of the molecule is O=C(c1cc2ccccc2oc1=O)N1CCOCC1c1ccccc1. The second kappa shape index (κ2) is 6.53. The van der Waals surface area contributed by atoms with Crippen LogP contribution in [-0.4, -0.2) is 30.6 Å². The monoisotopic (exact) mass is 335 g/mol. The number of hydrogen-bond acceptors (Lipinski definition) is 4. The fraction of sp³-hybridized carbons (Fsp3) is 0.200. The van der Waals surface area contributed by atoms with Crippen LogP contribution in [0.2, 0.25) is 0 Å². The summed E-state index contributed by atoms with van der Waals surface area (Å²) >= 11 is 0. The van der Waals surface area contributed by atoms with Crippen molar-refractivity contribution in [3.05, 3.63) is 82.2 Å². The summed E-state index contributed by atoms with van der Waals surface area (Å²) in [6.07, 6.45) is 0. The largest absolute Gasteiger partial charge is 0.422 e. The molecule has 3 aromatic rings. The maximum Gasteiger partial charge on any atom is 0.349 e. The number of carbonyl (C=O) groups excluding carboxylic acids is 1. The number of hydrogen-bond donors (Lipinski definition) is 0. The van der Waals surface area contributed by atoms with Crippen LogP contribution in [0.1, 0.15) is 22.0 Å². The third-order valence-corrected chi connectivity index (χ3v) is 4.45. The molecule has 1 aromatic heterocycles. The van der Waals surface area contributed by atoms with Crippen LogP contribution in [0, 0.1) is 0 Å². The summed E-state index contributed by atoms with van der Waals surface area (Å²) < 4.78 is 10.9. The van der Waals surface area contributed by atoms with Gasteiger partial charge in [-0.15, -0.1) is 0 Å². The highest BCUT2D eigenvalue weighted by molar-refractivity contribution is 5.97. The molecule has 1 fully saturated rings. The molecule has 2 heterocycles. The summed E-state index contributed by atoms with van der Waals surface area (Å²) in [5.41, 5.74) is 0.912. The second-order valence-electron chi connectivity index (χ2n) is 5.99. The molecule has 0 spiro atoms. The van der Waals surface area contributed by atoms with Crippen molar-refractivity contribution in [1.29, 1.82) is 0 Å². The van der Waals surface area contributed by atoms with Gasteiger partial charge in [0.2, 0.25) is 0 Å². The minimum atomic E-state index is -0.609. The summed E-state index contributed by atoms with van der Waals surface area (Å²) in [6, 6.07) is 18.3. The molecule has 0 N–H and O–H groups in total. The topological polar surface area (TPSA) is 59.8 Å². The minimum Gasteiger partial charge on any atom is -0.422 e. The molecule has 0 saturated carbocycles. The number of fused-ring (bicyclic) bond motifs is 1. The fourth-order valence-corrected chi connectivity index (χ4v) is 3.16. The van der Waals surface area contributed by atoms with Gasteiger partial charge in [0.05, 0.1) is 19.3 Å². The van der Waals surface area contributed by atoms with Gasteiger partial charge in [-0.3, -0.25) is 4.79 Å². The number of amides is 1. The summed E-state index contributed by atoms with van der Waals surface area (Å²) in [5, 5.41) is 0.731. The Bertz CT molecular complexity index is 964. The first-order valence-electron chi connectivity index (χ1n) is 8.20. The molecule has 1 aliphatic heterocycles. The second-order valence-corrected chi connectivity index (χ2v) is 5.99. The predicted octanol–water partition coefficient (Wildman–Crippen LogP) is 3.01. The summed E-state index contributed by atoms with van der Waals surface area (Å²) in [4.78, 5) is 27.1. The highest BCUT2D eigenvalue weighted by atomic mass is 16.5. The van der Waals surface area contributed by atoms with Crippen LogP contribution in [-0.2, 0) is 4.74 Å². The third-order valence-electron chi connectivity index (χ3n) is 4.45. The number of rotatable bonds is 2. The molecular weight excluding hydrogens is 318 g/mol. The van der Waals surface area contributed by atoms with E-state index in [-0.39, 0.29) is 17.5 Å². The fourth-order valence-electron chi connectivity index (χ4n) is 3.16. The van der Waals surface area contributed by atoms with Crippen molar-refractivity contribution in [1.82, 2.24) is 4.90 Å². The molecule has 2 aromatic carbocycles. The van der Waals surface area contributed by atoms with E-state index in [9.17, 15) is 9.59 Å². The van der Waals surface area contributed by atoms with Gasteiger partial charge in [-0.2, -0.15) is 0 Å². The van der Waals surface area contributed by atoms with Gasteiger partial charge in [0.15, 0.2) is 0 Å². The molecule has 1 amide bonds. The van der Waals surface area contributed by atoms with Gasteiger partial charge >= 0.3 is 5.63 Å². The van der Waals surface area contributed by atoms with E-state index in [1.807, 2.05) is 42.5 Å². The summed E-state index contributed by atoms with van der Waals surface area (Å²) in [5.74, 6) is -0.323. The molecule has 1 unspecified atom stereocenters. The third kappa shape index (κ3) is 2.94. The lowest BCUT2D eigenvalue weighted by Gasteiger charge is -2.35. The highest BCUT2D eigenvalue weighted by Crippen LogP contribution is 2.26. The Hall–Kier alpha value is -2.92. The van der Waals surface area contributed by atoms with Gasteiger partial charge in [-0.25, -0.2) is 4.79 Å². The average Bonchev–Trinajstić information content (AvgIpc) is 2.67. The molecule has 4 rings (SSSR count). The van der Waals surface area contributed by atoms with Crippen molar-refractivity contribution in [3.63, 3.8) is 0 Å². The zero-order valence-electron chi connectivity index (χ0n) is 13.6. The Morgan fingerprint density at radius 2 is 1.80 bits per heavy atom. The van der Waals surface area contributed by atoms with E-state index in [0.717, 1.165) is 10.9 Å². The zero-order chi connectivity index (χ0) is 17.2. The quantitative estimate of drug-likeness (QED) is 0.676. The van der Waals surface area contributed by atoms with Crippen LogP contribution < -0.4 is 5.63 Å². The van der Waals surface area contributed by atoms with Crippen molar-refractivity contribution in [2.24, 2.45) is 0 Å². The van der Waals surface area contributed by atoms with E-state index < -0.39 is 5.63 Å². The Kier molecular flexibility index (Phi) is 4.07. The number of benzene rings is 2. The number of ether oxygens (including phenoxy) is 1. The predicted molar refractivity (Wildman–Crippen MR) is 93.5 cm³/mol. The maximum absolute atomic E-state index is 13.1. The van der Waals surface area contributed by atoms with Gasteiger partial charge in [0.25, 0.3) is 5.91 Å². The van der Waals surface area contributed by atoms with Crippen molar-refractivity contribution in [2.75, 3.05) is 19.8 Å². The summed E-state index contributed by atoms with van der Waals surface area (Å²) in [6.45, 7) is 1.30. The first-order valence-corrected chi connectivity index (χ1v) is 8.20. The lowest BCUT2D eigenvalue weighted by Crippen LogP contribution is -2.44. The molecule has 1 aliphatic rings. The number of para-hydroxylation sites is 1. The van der Waals surface area contributed by atoms with E-state index in [2.05, 4.69) is 0 Å². The normalized spacial score (nSPS) is 17.6. The van der Waals surface area contributed by atoms with Crippen molar-refractivity contribution < 1.29 is 13.9 Å². The van der Waals surface area contributed by atoms with Gasteiger partial charge in [-0.1, -0.05) is 48.5 Å². The lowest BCUT2D eigenvalue weighted by molar-refractivity contribution is -0.00289. The highest BCUT2D eigenvalue weighted by Gasteiger charge is 2.31. The molecular formula is C20H17NO4. The van der Waals surface area contributed by atoms with Crippen LogP contribution in [0.25, 0.3) is 11.0 Å². The molecule has 1 atom stereocenters. The molecule has 5 heteroatoms. The van der Waals surface area contributed by atoms with Gasteiger partial charge < -0.3 is 14.1 Å². The van der Waals surface area contributed by atoms with E-state index in [0.29, 0.717) is 25.3 Å². The van der Waals surface area contributed by atoms with E-state index in [1.165, 1.54) is 0 Å². The lowest BCUT2D eigenvalue weighted by atomic mass is 10.0. The van der Waals surface area contributed by atoms with Crippen LogP contribution in [0.5, 0.6) is 0 Å².